The number of hydrogen-bond acceptors (Lipinski definition) is 4. The second kappa shape index (κ2) is 7.31. The number of nitrogens with zero attached hydrogens (tertiary/aromatic N) is 1. The number of nitrogen functional groups attached to an aromatic ring is 1. The summed E-state index contributed by atoms with van der Waals surface area (Å²) in [4.78, 5) is 14.8. The number of nitrogens with one attached hydrogen (secondary N) is 1. The third-order valence-corrected chi connectivity index (χ3v) is 4.00. The average molecular weight is 291 g/mol. The van der Waals surface area contributed by atoms with E-state index in [2.05, 4.69) is 17.1 Å². The van der Waals surface area contributed by atoms with E-state index < -0.39 is 0 Å². The summed E-state index contributed by atoms with van der Waals surface area (Å²) in [6.45, 7) is 4.06. The molecule has 1 fully saturated rings. The Labute approximate surface area is 126 Å². The quantitative estimate of drug-likeness (QED) is 0.818. The summed E-state index contributed by atoms with van der Waals surface area (Å²) in [5.74, 6) is 0.624. The van der Waals surface area contributed by atoms with Gasteiger partial charge in [-0.1, -0.05) is 13.3 Å². The monoisotopic (exact) mass is 291 g/mol. The number of methoxy groups -OCH3 is 1. The fraction of sp³-hybridized carbons (Fsp3) is 0.562. The molecular formula is C16H25N3O2. The lowest BCUT2D eigenvalue weighted by Gasteiger charge is -2.33. The molecule has 1 aliphatic heterocycles. The summed E-state index contributed by atoms with van der Waals surface area (Å²) in [5.41, 5.74) is 7.03. The van der Waals surface area contributed by atoms with Crippen molar-refractivity contribution in [3.8, 4) is 5.75 Å². The number of piperidine rings is 1. The molecule has 1 aromatic rings. The molecule has 0 bridgehead atoms. The standard InChI is InChI=1S/C16H25N3O2/c1-3-14(19-9-5-4-6-10-19)16(20)18-13-8-7-12(17)11-15(13)21-2/h7-8,11,14H,3-6,9-10,17H2,1-2H3,(H,18,20). The molecule has 0 aromatic heterocycles. The topological polar surface area (TPSA) is 67.6 Å². The molecule has 116 valence electrons. The molecule has 21 heavy (non-hydrogen) atoms. The van der Waals surface area contributed by atoms with Crippen molar-refractivity contribution in [1.29, 1.82) is 0 Å². The van der Waals surface area contributed by atoms with Crippen LogP contribution < -0.4 is 15.8 Å². The van der Waals surface area contributed by atoms with Crippen LogP contribution in [0.15, 0.2) is 18.2 Å². The van der Waals surface area contributed by atoms with Gasteiger partial charge in [0.05, 0.1) is 18.8 Å². The van der Waals surface area contributed by atoms with Gasteiger partial charge in [-0.2, -0.15) is 0 Å². The number of anilines is 2. The van der Waals surface area contributed by atoms with E-state index in [9.17, 15) is 4.79 Å². The molecule has 5 heteroatoms. The molecule has 1 heterocycles. The van der Waals surface area contributed by atoms with Crippen LogP contribution >= 0.6 is 0 Å². The number of carbonyl (C=O) groups excluding carboxylic acids is 1. The zero-order valence-corrected chi connectivity index (χ0v) is 12.9. The van der Waals surface area contributed by atoms with Crippen molar-refractivity contribution in [2.75, 3.05) is 31.2 Å². The molecule has 1 atom stereocenters. The average Bonchev–Trinajstić information content (AvgIpc) is 2.51. The Balaban J connectivity index is 2.08. The Morgan fingerprint density at radius 2 is 2.10 bits per heavy atom. The molecule has 5 nitrogen and oxygen atoms in total. The van der Waals surface area contributed by atoms with Crippen LogP contribution in [-0.4, -0.2) is 37.0 Å². The first-order valence-electron chi connectivity index (χ1n) is 7.64. The molecule has 0 saturated carbocycles. The summed E-state index contributed by atoms with van der Waals surface area (Å²) in [7, 11) is 1.58. The number of nitrogens with two attached hydrogens (primary N) is 1. The van der Waals surface area contributed by atoms with Gasteiger partial charge in [0.15, 0.2) is 0 Å². The maximum atomic E-state index is 12.6. The molecule has 0 radical (unpaired) electrons. The predicted octanol–water partition coefficient (Wildman–Crippen LogP) is 2.48. The van der Waals surface area contributed by atoms with Gasteiger partial charge in [0, 0.05) is 11.8 Å². The highest BCUT2D eigenvalue weighted by Crippen LogP contribution is 2.27. The van der Waals surface area contributed by atoms with E-state index in [1.807, 2.05) is 0 Å². The molecule has 0 spiro atoms. The first-order chi connectivity index (χ1) is 10.2. The van der Waals surface area contributed by atoms with E-state index in [4.69, 9.17) is 10.5 Å². The first-order valence-corrected chi connectivity index (χ1v) is 7.64. The molecular weight excluding hydrogens is 266 g/mol. The lowest BCUT2D eigenvalue weighted by atomic mass is 10.1. The molecule has 1 saturated heterocycles. The van der Waals surface area contributed by atoms with E-state index in [0.717, 1.165) is 19.5 Å². The molecule has 0 aliphatic carbocycles. The molecule has 1 aliphatic rings. The highest BCUT2D eigenvalue weighted by molar-refractivity contribution is 5.96. The Morgan fingerprint density at radius 3 is 2.71 bits per heavy atom. The minimum Gasteiger partial charge on any atom is -0.494 e. The fourth-order valence-corrected chi connectivity index (χ4v) is 2.87. The summed E-state index contributed by atoms with van der Waals surface area (Å²) in [5, 5.41) is 2.98. The van der Waals surface area contributed by atoms with Gasteiger partial charge in [-0.15, -0.1) is 0 Å². The van der Waals surface area contributed by atoms with Gasteiger partial charge in [-0.25, -0.2) is 0 Å². The number of rotatable bonds is 5. The van der Waals surface area contributed by atoms with Gasteiger partial charge in [0.1, 0.15) is 5.75 Å². The number of hydrogen-bond donors (Lipinski definition) is 2. The van der Waals surface area contributed by atoms with E-state index in [1.54, 1.807) is 25.3 Å². The third-order valence-electron chi connectivity index (χ3n) is 4.00. The summed E-state index contributed by atoms with van der Waals surface area (Å²) in [6, 6.07) is 5.19. The molecule has 3 N–H and O–H groups in total. The van der Waals surface area contributed by atoms with Crippen LogP contribution in [0.1, 0.15) is 32.6 Å². The highest BCUT2D eigenvalue weighted by atomic mass is 16.5. The maximum absolute atomic E-state index is 12.6. The summed E-state index contributed by atoms with van der Waals surface area (Å²) < 4.78 is 5.28. The Morgan fingerprint density at radius 1 is 1.38 bits per heavy atom. The largest absolute Gasteiger partial charge is 0.494 e. The van der Waals surface area contributed by atoms with Crippen LogP contribution in [0.5, 0.6) is 5.75 Å². The Kier molecular flexibility index (Phi) is 5.44. The highest BCUT2D eigenvalue weighted by Gasteiger charge is 2.26. The third kappa shape index (κ3) is 3.88. The van der Waals surface area contributed by atoms with Gasteiger partial charge < -0.3 is 15.8 Å². The van der Waals surface area contributed by atoms with E-state index >= 15 is 0 Å². The molecule has 1 aromatic carbocycles. The molecule has 1 unspecified atom stereocenters. The minimum absolute atomic E-state index is 0.0301. The van der Waals surface area contributed by atoms with Crippen molar-refractivity contribution in [2.24, 2.45) is 0 Å². The van der Waals surface area contributed by atoms with Crippen LogP contribution in [0, 0.1) is 0 Å². The Bertz CT molecular complexity index is 484. The van der Waals surface area contributed by atoms with E-state index in [0.29, 0.717) is 17.1 Å². The maximum Gasteiger partial charge on any atom is 0.241 e. The number of ether oxygens (including phenoxy) is 1. The van der Waals surface area contributed by atoms with Crippen LogP contribution in [0.2, 0.25) is 0 Å². The van der Waals surface area contributed by atoms with Crippen molar-refractivity contribution in [2.45, 2.75) is 38.6 Å². The van der Waals surface area contributed by atoms with E-state index in [-0.39, 0.29) is 11.9 Å². The number of likely N-dealkylation sites (tertiary alicyclic amines) is 1. The van der Waals surface area contributed by atoms with Gasteiger partial charge >= 0.3 is 0 Å². The lowest BCUT2D eigenvalue weighted by Crippen LogP contribution is -2.46. The van der Waals surface area contributed by atoms with Gasteiger partial charge in [-0.3, -0.25) is 9.69 Å². The van der Waals surface area contributed by atoms with Crippen LogP contribution in [-0.2, 0) is 4.79 Å². The van der Waals surface area contributed by atoms with E-state index in [1.165, 1.54) is 19.3 Å². The van der Waals surface area contributed by atoms with Crippen LogP contribution in [0.3, 0.4) is 0 Å². The Hall–Kier alpha value is -1.75. The van der Waals surface area contributed by atoms with Crippen molar-refractivity contribution < 1.29 is 9.53 Å². The van der Waals surface area contributed by atoms with Crippen molar-refractivity contribution >= 4 is 17.3 Å². The van der Waals surface area contributed by atoms with Crippen molar-refractivity contribution in [3.05, 3.63) is 18.2 Å². The summed E-state index contributed by atoms with van der Waals surface area (Å²) >= 11 is 0. The molecule has 1 amide bonds. The van der Waals surface area contributed by atoms with Gasteiger partial charge in [0.25, 0.3) is 0 Å². The fourth-order valence-electron chi connectivity index (χ4n) is 2.87. The first kappa shape index (κ1) is 15.6. The van der Waals surface area contributed by atoms with Gasteiger partial charge in [0.2, 0.25) is 5.91 Å². The second-order valence-electron chi connectivity index (χ2n) is 5.47. The second-order valence-corrected chi connectivity index (χ2v) is 5.47. The zero-order chi connectivity index (χ0) is 15.2. The number of carbonyl (C=O) groups is 1. The smallest absolute Gasteiger partial charge is 0.241 e. The minimum atomic E-state index is -0.0763. The van der Waals surface area contributed by atoms with Crippen LogP contribution in [0.4, 0.5) is 11.4 Å². The van der Waals surface area contributed by atoms with Gasteiger partial charge in [-0.05, 0) is 44.5 Å². The SMILES string of the molecule is CCC(C(=O)Nc1ccc(N)cc1OC)N1CCCCC1. The van der Waals surface area contributed by atoms with Crippen molar-refractivity contribution in [1.82, 2.24) is 4.90 Å². The lowest BCUT2D eigenvalue weighted by molar-refractivity contribution is -0.121. The zero-order valence-electron chi connectivity index (χ0n) is 12.9. The number of amides is 1. The van der Waals surface area contributed by atoms with Crippen molar-refractivity contribution in [3.63, 3.8) is 0 Å². The predicted molar refractivity (Wildman–Crippen MR) is 85.5 cm³/mol. The number of benzene rings is 1. The normalized spacial score (nSPS) is 17.2. The summed E-state index contributed by atoms with van der Waals surface area (Å²) in [6.07, 6.45) is 4.42. The van der Waals surface area contributed by atoms with Crippen LogP contribution in [0.25, 0.3) is 0 Å². The molecule has 2 rings (SSSR count).